The molecule has 0 amide bonds. The van der Waals surface area contributed by atoms with Crippen LogP contribution in [0.1, 0.15) is 24.7 Å². The van der Waals surface area contributed by atoms with Gasteiger partial charge in [0, 0.05) is 24.9 Å². The molecule has 2 aromatic heterocycles. The number of hydrogen-bond acceptors (Lipinski definition) is 6. The molecule has 0 aromatic carbocycles. The third kappa shape index (κ3) is 2.81. The number of amidine groups is 1. The molecule has 2 heterocycles. The number of imidazole rings is 1. The van der Waals surface area contributed by atoms with Gasteiger partial charge in [-0.15, -0.1) is 0 Å². The van der Waals surface area contributed by atoms with Crippen molar-refractivity contribution in [3.05, 3.63) is 46.2 Å². The van der Waals surface area contributed by atoms with E-state index in [1.807, 2.05) is 6.92 Å². The van der Waals surface area contributed by atoms with Gasteiger partial charge in [-0.2, -0.15) is 0 Å². The molecule has 110 valence electrons. The Bertz CT molecular complexity index is 694. The molecule has 0 unspecified atom stereocenters. The first-order valence-electron chi connectivity index (χ1n) is 6.23. The fourth-order valence-corrected chi connectivity index (χ4v) is 1.92. The molecule has 2 rings (SSSR count). The van der Waals surface area contributed by atoms with Crippen molar-refractivity contribution < 1.29 is 10.1 Å². The molecular weight excluding hydrogens is 276 g/mol. The van der Waals surface area contributed by atoms with Crippen LogP contribution in [0.25, 0.3) is 5.82 Å². The molecule has 9 nitrogen and oxygen atoms in total. The number of nitrogens with zero attached hydrogens (tertiary/aromatic N) is 5. The molecule has 0 aliphatic rings. The third-order valence-corrected chi connectivity index (χ3v) is 2.87. The summed E-state index contributed by atoms with van der Waals surface area (Å²) in [7, 11) is 0. The van der Waals surface area contributed by atoms with Gasteiger partial charge in [0.2, 0.25) is 0 Å². The lowest BCUT2D eigenvalue weighted by molar-refractivity contribution is -0.385. The fourth-order valence-electron chi connectivity index (χ4n) is 1.92. The van der Waals surface area contributed by atoms with Gasteiger partial charge in [0.15, 0.2) is 5.84 Å². The summed E-state index contributed by atoms with van der Waals surface area (Å²) in [5.74, 6) is 0.819. The molecule has 0 atom stereocenters. The lowest BCUT2D eigenvalue weighted by atomic mass is 10.2. The van der Waals surface area contributed by atoms with Crippen LogP contribution in [0.3, 0.4) is 0 Å². The zero-order valence-corrected chi connectivity index (χ0v) is 11.3. The molecule has 0 aliphatic carbocycles. The van der Waals surface area contributed by atoms with Gasteiger partial charge in [0.25, 0.3) is 5.69 Å². The Kier molecular flexibility index (Phi) is 4.12. The van der Waals surface area contributed by atoms with Crippen molar-refractivity contribution in [2.75, 3.05) is 0 Å². The number of hydrogen-bond donors (Lipinski definition) is 2. The predicted octanol–water partition coefficient (Wildman–Crippen LogP) is 1.22. The minimum atomic E-state index is -0.591. The lowest BCUT2D eigenvalue weighted by Crippen LogP contribution is -2.18. The van der Waals surface area contributed by atoms with Gasteiger partial charge in [-0.25, -0.2) is 9.97 Å². The smallest absolute Gasteiger partial charge is 0.288 e. The molecule has 0 aliphatic heterocycles. The van der Waals surface area contributed by atoms with E-state index in [0.29, 0.717) is 12.2 Å². The van der Waals surface area contributed by atoms with Gasteiger partial charge in [-0.05, 0) is 6.42 Å². The SMILES string of the molecule is CCCc1nccn1-c1ncc([N+](=O)[O-])cc1C(N)=NO. The second kappa shape index (κ2) is 5.99. The van der Waals surface area contributed by atoms with Gasteiger partial charge in [0.1, 0.15) is 17.8 Å². The summed E-state index contributed by atoms with van der Waals surface area (Å²) in [4.78, 5) is 18.5. The number of oxime groups is 1. The number of nitrogens with two attached hydrogens (primary N) is 1. The van der Waals surface area contributed by atoms with Gasteiger partial charge in [-0.1, -0.05) is 12.1 Å². The summed E-state index contributed by atoms with van der Waals surface area (Å²) in [6.45, 7) is 2.01. The molecule has 0 saturated heterocycles. The Hall–Kier alpha value is -2.97. The normalized spacial score (nSPS) is 11.6. The molecule has 3 N–H and O–H groups in total. The quantitative estimate of drug-likeness (QED) is 0.280. The van der Waals surface area contributed by atoms with Crippen molar-refractivity contribution in [3.63, 3.8) is 0 Å². The molecule has 0 radical (unpaired) electrons. The highest BCUT2D eigenvalue weighted by atomic mass is 16.6. The van der Waals surface area contributed by atoms with E-state index < -0.39 is 4.92 Å². The van der Waals surface area contributed by atoms with Crippen LogP contribution in [0.15, 0.2) is 29.8 Å². The fraction of sp³-hybridized carbons (Fsp3) is 0.250. The first-order valence-corrected chi connectivity index (χ1v) is 6.23. The van der Waals surface area contributed by atoms with Gasteiger partial charge < -0.3 is 10.9 Å². The Morgan fingerprint density at radius 2 is 2.33 bits per heavy atom. The van der Waals surface area contributed by atoms with Crippen LogP contribution in [0.5, 0.6) is 0 Å². The molecule has 2 aromatic rings. The van der Waals surface area contributed by atoms with E-state index in [0.717, 1.165) is 18.4 Å². The van der Waals surface area contributed by atoms with Crippen LogP contribution in [0, 0.1) is 10.1 Å². The van der Waals surface area contributed by atoms with Crippen molar-refractivity contribution in [2.45, 2.75) is 19.8 Å². The maximum atomic E-state index is 10.8. The Morgan fingerprint density at radius 3 is 2.95 bits per heavy atom. The van der Waals surface area contributed by atoms with Gasteiger partial charge >= 0.3 is 0 Å². The van der Waals surface area contributed by atoms with Crippen molar-refractivity contribution in [1.82, 2.24) is 14.5 Å². The average molecular weight is 290 g/mol. The molecule has 0 spiro atoms. The summed E-state index contributed by atoms with van der Waals surface area (Å²) in [5.41, 5.74) is 5.53. The average Bonchev–Trinajstić information content (AvgIpc) is 2.94. The molecule has 0 bridgehead atoms. The van der Waals surface area contributed by atoms with Crippen molar-refractivity contribution >= 4 is 11.5 Å². The van der Waals surface area contributed by atoms with Crippen molar-refractivity contribution in [2.24, 2.45) is 10.9 Å². The highest BCUT2D eigenvalue weighted by molar-refractivity contribution is 6.00. The largest absolute Gasteiger partial charge is 0.409 e. The predicted molar refractivity (Wildman–Crippen MR) is 74.5 cm³/mol. The van der Waals surface area contributed by atoms with Crippen LogP contribution >= 0.6 is 0 Å². The van der Waals surface area contributed by atoms with E-state index in [1.165, 1.54) is 6.07 Å². The van der Waals surface area contributed by atoms with Crippen molar-refractivity contribution in [3.8, 4) is 5.82 Å². The van der Waals surface area contributed by atoms with E-state index >= 15 is 0 Å². The van der Waals surface area contributed by atoms with E-state index in [4.69, 9.17) is 10.9 Å². The van der Waals surface area contributed by atoms with E-state index in [-0.39, 0.29) is 17.1 Å². The number of aromatic nitrogens is 3. The summed E-state index contributed by atoms with van der Waals surface area (Å²) in [5, 5.41) is 22.6. The summed E-state index contributed by atoms with van der Waals surface area (Å²) < 4.78 is 1.67. The summed E-state index contributed by atoms with van der Waals surface area (Å²) in [6.07, 6.45) is 5.99. The van der Waals surface area contributed by atoms with E-state index in [9.17, 15) is 10.1 Å². The van der Waals surface area contributed by atoms with Crippen LogP contribution < -0.4 is 5.73 Å². The van der Waals surface area contributed by atoms with Gasteiger partial charge in [0.05, 0.1) is 10.5 Å². The van der Waals surface area contributed by atoms with Crippen LogP contribution in [-0.2, 0) is 6.42 Å². The molecular formula is C12H14N6O3. The summed E-state index contributed by atoms with van der Waals surface area (Å²) >= 11 is 0. The highest BCUT2D eigenvalue weighted by Gasteiger charge is 2.18. The molecule has 9 heteroatoms. The number of pyridine rings is 1. The van der Waals surface area contributed by atoms with E-state index in [2.05, 4.69) is 15.1 Å². The minimum absolute atomic E-state index is 0.169. The summed E-state index contributed by atoms with van der Waals surface area (Å²) in [6, 6.07) is 1.22. The Morgan fingerprint density at radius 1 is 1.57 bits per heavy atom. The topological polar surface area (TPSA) is 132 Å². The zero-order valence-electron chi connectivity index (χ0n) is 11.3. The standard InChI is InChI=1S/C12H14N6O3/c1-2-3-10-14-4-5-17(10)12-9(11(13)16-19)6-8(7-15-12)18(20)21/h4-7,19H,2-3H2,1H3,(H2,13,16). The maximum Gasteiger partial charge on any atom is 0.288 e. The molecule has 21 heavy (non-hydrogen) atoms. The zero-order chi connectivity index (χ0) is 15.4. The highest BCUT2D eigenvalue weighted by Crippen LogP contribution is 2.20. The Balaban J connectivity index is 2.62. The number of nitro groups is 1. The maximum absolute atomic E-state index is 10.8. The number of aryl methyl sites for hydroxylation is 1. The minimum Gasteiger partial charge on any atom is -0.409 e. The van der Waals surface area contributed by atoms with Crippen molar-refractivity contribution in [1.29, 1.82) is 0 Å². The number of rotatable bonds is 5. The van der Waals surface area contributed by atoms with Crippen LogP contribution in [0.2, 0.25) is 0 Å². The first kappa shape index (κ1) is 14.4. The lowest BCUT2D eigenvalue weighted by Gasteiger charge is -2.10. The molecule has 0 saturated carbocycles. The second-order valence-corrected chi connectivity index (χ2v) is 4.27. The monoisotopic (exact) mass is 290 g/mol. The van der Waals surface area contributed by atoms with Crippen LogP contribution in [0.4, 0.5) is 5.69 Å². The third-order valence-electron chi connectivity index (χ3n) is 2.87. The second-order valence-electron chi connectivity index (χ2n) is 4.27. The van der Waals surface area contributed by atoms with Gasteiger partial charge in [-0.3, -0.25) is 14.7 Å². The first-order chi connectivity index (χ1) is 10.1. The Labute approximate surface area is 119 Å². The van der Waals surface area contributed by atoms with E-state index in [1.54, 1.807) is 17.0 Å². The van der Waals surface area contributed by atoms with Crippen LogP contribution in [-0.4, -0.2) is 30.5 Å². The molecule has 0 fully saturated rings.